The number of esters is 1. The highest BCUT2D eigenvalue weighted by Crippen LogP contribution is 2.33. The fourth-order valence-electron chi connectivity index (χ4n) is 1.95. The third-order valence-electron chi connectivity index (χ3n) is 2.92. The summed E-state index contributed by atoms with van der Waals surface area (Å²) in [5.74, 6) is -1.14. The minimum absolute atomic E-state index is 0.0974. The molecule has 23 heavy (non-hydrogen) atoms. The van der Waals surface area contributed by atoms with E-state index in [4.69, 9.17) is 14.6 Å². The van der Waals surface area contributed by atoms with Crippen LogP contribution in [0.15, 0.2) is 30.3 Å². The highest BCUT2D eigenvalue weighted by molar-refractivity contribution is 7.17. The lowest BCUT2D eigenvalue weighted by Crippen LogP contribution is -2.23. The van der Waals surface area contributed by atoms with Crippen LogP contribution in [-0.2, 0) is 4.74 Å². The molecule has 0 radical (unpaired) electrons. The summed E-state index contributed by atoms with van der Waals surface area (Å²) < 4.78 is 10.5. The molecule has 0 bridgehead atoms. The van der Waals surface area contributed by atoms with E-state index in [1.54, 1.807) is 24.3 Å². The third kappa shape index (κ3) is 4.10. The molecule has 5 nitrogen and oxygen atoms in total. The summed E-state index contributed by atoms with van der Waals surface area (Å²) in [6, 6.07) is 8.33. The van der Waals surface area contributed by atoms with E-state index in [0.717, 1.165) is 10.4 Å². The van der Waals surface area contributed by atoms with E-state index in [2.05, 4.69) is 0 Å². The van der Waals surface area contributed by atoms with Crippen LogP contribution in [0.3, 0.4) is 0 Å². The van der Waals surface area contributed by atoms with Gasteiger partial charge in [-0.15, -0.1) is 11.3 Å². The Morgan fingerprint density at radius 3 is 2.39 bits per heavy atom. The van der Waals surface area contributed by atoms with Crippen molar-refractivity contribution in [3.8, 4) is 16.2 Å². The molecule has 0 saturated carbocycles. The number of ether oxygens (including phenoxy) is 2. The van der Waals surface area contributed by atoms with Gasteiger partial charge in [0.2, 0.25) is 0 Å². The first-order valence-electron chi connectivity index (χ1n) is 6.96. The Bertz CT molecular complexity index is 740. The highest BCUT2D eigenvalue weighted by atomic mass is 32.1. The Hall–Kier alpha value is -2.34. The molecule has 1 aromatic carbocycles. The normalized spacial score (nSPS) is 11.1. The third-order valence-corrected chi connectivity index (χ3v) is 4.04. The van der Waals surface area contributed by atoms with Crippen LogP contribution in [0.2, 0.25) is 0 Å². The molecule has 0 spiro atoms. The number of benzene rings is 1. The van der Waals surface area contributed by atoms with Crippen LogP contribution in [0.25, 0.3) is 10.4 Å². The molecule has 1 N–H and O–H groups in total. The zero-order chi connectivity index (χ0) is 17.2. The molecule has 1 heterocycles. The van der Waals surface area contributed by atoms with Crippen LogP contribution in [0.5, 0.6) is 5.75 Å². The number of thiophene rings is 1. The second-order valence-electron chi connectivity index (χ2n) is 5.89. The first-order valence-corrected chi connectivity index (χ1v) is 7.78. The van der Waals surface area contributed by atoms with E-state index in [9.17, 15) is 9.59 Å². The summed E-state index contributed by atoms with van der Waals surface area (Å²) in [5, 5.41) is 9.10. The number of rotatable bonds is 4. The summed E-state index contributed by atoms with van der Waals surface area (Å²) in [6.45, 7) is 5.44. The van der Waals surface area contributed by atoms with Gasteiger partial charge in [-0.25, -0.2) is 9.59 Å². The number of carboxylic acids is 1. The number of carbonyl (C=O) groups is 2. The van der Waals surface area contributed by atoms with Gasteiger partial charge >= 0.3 is 11.9 Å². The van der Waals surface area contributed by atoms with Crippen molar-refractivity contribution in [1.82, 2.24) is 0 Å². The predicted octanol–water partition coefficient (Wildman–Crippen LogP) is 4.08. The molecule has 0 aliphatic heterocycles. The average molecular weight is 334 g/mol. The number of methoxy groups -OCH3 is 1. The second kappa shape index (κ2) is 6.42. The zero-order valence-electron chi connectivity index (χ0n) is 13.4. The van der Waals surface area contributed by atoms with E-state index < -0.39 is 11.6 Å². The standard InChI is InChI=1S/C17H18O5S/c1-17(2,3)22-16(20)14-8-7-13(23-14)10-5-6-11(15(18)19)12(9-10)21-4/h5-9H,1-4H3,(H,18,19). The van der Waals surface area contributed by atoms with Crippen molar-refractivity contribution in [3.63, 3.8) is 0 Å². The maximum Gasteiger partial charge on any atom is 0.348 e. The highest BCUT2D eigenvalue weighted by Gasteiger charge is 2.20. The molecule has 0 unspecified atom stereocenters. The van der Waals surface area contributed by atoms with Crippen LogP contribution in [-0.4, -0.2) is 29.8 Å². The van der Waals surface area contributed by atoms with Gasteiger partial charge in [0, 0.05) is 4.88 Å². The van der Waals surface area contributed by atoms with Crippen molar-refractivity contribution in [2.24, 2.45) is 0 Å². The van der Waals surface area contributed by atoms with Gasteiger partial charge in [0.15, 0.2) is 0 Å². The Balaban J connectivity index is 2.30. The molecule has 0 aliphatic rings. The molecule has 122 valence electrons. The van der Waals surface area contributed by atoms with Crippen molar-refractivity contribution in [2.75, 3.05) is 7.11 Å². The molecular weight excluding hydrogens is 316 g/mol. The van der Waals surface area contributed by atoms with Gasteiger partial charge in [-0.2, -0.15) is 0 Å². The fraction of sp³-hybridized carbons (Fsp3) is 0.294. The lowest BCUT2D eigenvalue weighted by atomic mass is 10.1. The van der Waals surface area contributed by atoms with Crippen LogP contribution in [0.4, 0.5) is 0 Å². The molecule has 0 atom stereocenters. The number of carboxylic acid groups (broad SMARTS) is 1. The monoisotopic (exact) mass is 334 g/mol. The van der Waals surface area contributed by atoms with Crippen LogP contribution >= 0.6 is 11.3 Å². The Morgan fingerprint density at radius 2 is 1.83 bits per heavy atom. The maximum atomic E-state index is 12.1. The number of hydrogen-bond acceptors (Lipinski definition) is 5. The number of aromatic carboxylic acids is 1. The van der Waals surface area contributed by atoms with Crippen molar-refractivity contribution in [1.29, 1.82) is 0 Å². The smallest absolute Gasteiger partial charge is 0.348 e. The molecule has 0 aliphatic carbocycles. The average Bonchev–Trinajstić information content (AvgIpc) is 2.94. The van der Waals surface area contributed by atoms with Crippen LogP contribution in [0, 0.1) is 0 Å². The molecule has 2 aromatic rings. The minimum Gasteiger partial charge on any atom is -0.496 e. The Labute approximate surface area is 138 Å². The zero-order valence-corrected chi connectivity index (χ0v) is 14.2. The number of carbonyl (C=O) groups excluding carboxylic acids is 1. The first-order chi connectivity index (χ1) is 10.7. The summed E-state index contributed by atoms with van der Waals surface area (Å²) in [6.07, 6.45) is 0. The summed E-state index contributed by atoms with van der Waals surface area (Å²) in [5.41, 5.74) is 0.333. The lowest BCUT2D eigenvalue weighted by Gasteiger charge is -2.18. The molecule has 0 saturated heterocycles. The second-order valence-corrected chi connectivity index (χ2v) is 6.97. The van der Waals surface area contributed by atoms with Crippen molar-refractivity contribution >= 4 is 23.3 Å². The van der Waals surface area contributed by atoms with Crippen LogP contribution in [0.1, 0.15) is 40.8 Å². The topological polar surface area (TPSA) is 72.8 Å². The van der Waals surface area contributed by atoms with Gasteiger partial charge in [0.25, 0.3) is 0 Å². The Morgan fingerprint density at radius 1 is 1.13 bits per heavy atom. The molecule has 1 aromatic heterocycles. The lowest BCUT2D eigenvalue weighted by molar-refractivity contribution is 0.00750. The largest absolute Gasteiger partial charge is 0.496 e. The minimum atomic E-state index is -1.05. The quantitative estimate of drug-likeness (QED) is 0.853. The Kier molecular flexibility index (Phi) is 4.75. The van der Waals surface area contributed by atoms with Crippen LogP contribution < -0.4 is 4.74 Å². The van der Waals surface area contributed by atoms with Crippen molar-refractivity contribution < 1.29 is 24.2 Å². The molecule has 0 fully saturated rings. The van der Waals surface area contributed by atoms with Gasteiger partial charge < -0.3 is 14.6 Å². The summed E-state index contributed by atoms with van der Waals surface area (Å²) >= 11 is 1.29. The first kappa shape index (κ1) is 17.0. The summed E-state index contributed by atoms with van der Waals surface area (Å²) in [4.78, 5) is 24.5. The molecular formula is C17H18O5S. The molecule has 6 heteroatoms. The van der Waals surface area contributed by atoms with E-state index >= 15 is 0 Å². The van der Waals surface area contributed by atoms with Crippen molar-refractivity contribution in [3.05, 3.63) is 40.8 Å². The van der Waals surface area contributed by atoms with Gasteiger partial charge in [-0.3, -0.25) is 0 Å². The van der Waals surface area contributed by atoms with E-state index in [-0.39, 0.29) is 17.3 Å². The molecule has 0 amide bonds. The predicted molar refractivity (Wildman–Crippen MR) is 88.4 cm³/mol. The van der Waals surface area contributed by atoms with Gasteiger partial charge in [0.05, 0.1) is 7.11 Å². The van der Waals surface area contributed by atoms with E-state index in [1.165, 1.54) is 24.5 Å². The SMILES string of the molecule is COc1cc(-c2ccc(C(=O)OC(C)(C)C)s2)ccc1C(=O)O. The fourth-order valence-corrected chi connectivity index (χ4v) is 2.83. The molecule has 2 rings (SSSR count). The van der Waals surface area contributed by atoms with Gasteiger partial charge in [-0.05, 0) is 50.6 Å². The van der Waals surface area contributed by atoms with E-state index in [0.29, 0.717) is 4.88 Å². The summed E-state index contributed by atoms with van der Waals surface area (Å²) in [7, 11) is 1.42. The van der Waals surface area contributed by atoms with Crippen molar-refractivity contribution in [2.45, 2.75) is 26.4 Å². The maximum absolute atomic E-state index is 12.1. The number of hydrogen-bond donors (Lipinski definition) is 1. The van der Waals surface area contributed by atoms with Gasteiger partial charge in [-0.1, -0.05) is 6.07 Å². The van der Waals surface area contributed by atoms with E-state index in [1.807, 2.05) is 20.8 Å². The van der Waals surface area contributed by atoms with Gasteiger partial charge in [0.1, 0.15) is 21.8 Å².